The van der Waals surface area contributed by atoms with Gasteiger partial charge in [0, 0.05) is 6.04 Å². The number of thioether (sulfide) groups is 1. The molecule has 0 bridgehead atoms. The van der Waals surface area contributed by atoms with E-state index >= 15 is 0 Å². The molecule has 1 amide bonds. The van der Waals surface area contributed by atoms with Crippen molar-refractivity contribution in [3.05, 3.63) is 65.2 Å². The van der Waals surface area contributed by atoms with Crippen LogP contribution in [0.4, 0.5) is 10.1 Å². The maximum atomic E-state index is 13.7. The van der Waals surface area contributed by atoms with Gasteiger partial charge in [-0.05, 0) is 51.0 Å². The van der Waals surface area contributed by atoms with Crippen molar-refractivity contribution >= 4 is 23.4 Å². The van der Waals surface area contributed by atoms with Gasteiger partial charge in [-0.1, -0.05) is 42.1 Å². The van der Waals surface area contributed by atoms with E-state index in [1.165, 1.54) is 23.9 Å². The number of carbonyl (C=O) groups is 1. The second-order valence-corrected chi connectivity index (χ2v) is 8.13. The smallest absolute Gasteiger partial charge is 0.234 e. The number of nitrogens with zero attached hydrogens (tertiary/aromatic N) is 3. The van der Waals surface area contributed by atoms with Crippen molar-refractivity contribution in [1.29, 1.82) is 0 Å². The Morgan fingerprint density at radius 1 is 1.13 bits per heavy atom. The highest BCUT2D eigenvalue weighted by atomic mass is 32.2. The van der Waals surface area contributed by atoms with Crippen molar-refractivity contribution < 1.29 is 13.9 Å². The minimum Gasteiger partial charge on any atom is -0.485 e. The molecule has 30 heavy (non-hydrogen) atoms. The summed E-state index contributed by atoms with van der Waals surface area (Å²) in [6.45, 7) is 8.33. The van der Waals surface area contributed by atoms with Gasteiger partial charge in [0.25, 0.3) is 0 Å². The number of nitrogens with one attached hydrogen (secondary N) is 1. The van der Waals surface area contributed by atoms with Gasteiger partial charge in [0.2, 0.25) is 5.91 Å². The Kier molecular flexibility index (Phi) is 7.10. The van der Waals surface area contributed by atoms with Crippen molar-refractivity contribution in [3.8, 4) is 5.75 Å². The van der Waals surface area contributed by atoms with Crippen LogP contribution in [0.2, 0.25) is 0 Å². The Balaban J connectivity index is 1.67. The van der Waals surface area contributed by atoms with Crippen LogP contribution >= 0.6 is 11.8 Å². The van der Waals surface area contributed by atoms with Crippen molar-refractivity contribution in [2.45, 2.75) is 45.5 Å². The molecule has 0 saturated heterocycles. The van der Waals surface area contributed by atoms with Gasteiger partial charge in [-0.15, -0.1) is 10.2 Å². The third kappa shape index (κ3) is 5.18. The number of hydrogen-bond donors (Lipinski definition) is 1. The SMILES string of the molecule is Cc1cccc(C)c1OCc1nnc(SCC(=O)Nc2ccccc2F)n1C(C)C. The van der Waals surface area contributed by atoms with Crippen LogP contribution in [0.1, 0.15) is 36.8 Å². The molecule has 1 N–H and O–H groups in total. The first-order chi connectivity index (χ1) is 14.4. The first kappa shape index (κ1) is 21.8. The molecule has 0 atom stereocenters. The van der Waals surface area contributed by atoms with Gasteiger partial charge in [-0.3, -0.25) is 4.79 Å². The molecule has 1 aromatic heterocycles. The molecule has 6 nitrogen and oxygen atoms in total. The van der Waals surface area contributed by atoms with E-state index in [4.69, 9.17) is 4.74 Å². The van der Waals surface area contributed by atoms with Crippen molar-refractivity contribution in [3.63, 3.8) is 0 Å². The highest BCUT2D eigenvalue weighted by molar-refractivity contribution is 7.99. The Morgan fingerprint density at radius 2 is 1.83 bits per heavy atom. The first-order valence-corrected chi connectivity index (χ1v) is 10.7. The predicted octanol–water partition coefficient (Wildman–Crippen LogP) is 4.92. The number of aryl methyl sites for hydroxylation is 2. The molecule has 2 aromatic carbocycles. The predicted molar refractivity (Wildman–Crippen MR) is 116 cm³/mol. The Bertz CT molecular complexity index is 1020. The lowest BCUT2D eigenvalue weighted by molar-refractivity contribution is -0.113. The number of rotatable bonds is 8. The van der Waals surface area contributed by atoms with E-state index in [9.17, 15) is 9.18 Å². The second kappa shape index (κ2) is 9.75. The summed E-state index contributed by atoms with van der Waals surface area (Å²) in [7, 11) is 0. The number of hydrogen-bond acceptors (Lipinski definition) is 5. The van der Waals surface area contributed by atoms with Crippen molar-refractivity contribution in [1.82, 2.24) is 14.8 Å². The molecule has 3 rings (SSSR count). The lowest BCUT2D eigenvalue weighted by Gasteiger charge is -2.15. The Morgan fingerprint density at radius 3 is 2.50 bits per heavy atom. The fourth-order valence-electron chi connectivity index (χ4n) is 3.07. The summed E-state index contributed by atoms with van der Waals surface area (Å²) >= 11 is 1.26. The molecule has 0 aliphatic rings. The molecule has 8 heteroatoms. The molecule has 3 aromatic rings. The van der Waals surface area contributed by atoms with Gasteiger partial charge < -0.3 is 14.6 Å². The summed E-state index contributed by atoms with van der Waals surface area (Å²) in [4.78, 5) is 12.2. The van der Waals surface area contributed by atoms with Gasteiger partial charge in [-0.25, -0.2) is 4.39 Å². The van der Waals surface area contributed by atoms with Crippen LogP contribution in [-0.2, 0) is 11.4 Å². The molecule has 0 radical (unpaired) electrons. The zero-order valence-electron chi connectivity index (χ0n) is 17.5. The zero-order valence-corrected chi connectivity index (χ0v) is 18.3. The average molecular weight is 429 g/mol. The molecular formula is C22H25FN4O2S. The lowest BCUT2D eigenvalue weighted by Crippen LogP contribution is -2.16. The van der Waals surface area contributed by atoms with Crippen LogP contribution in [0.25, 0.3) is 0 Å². The van der Waals surface area contributed by atoms with E-state index in [0.29, 0.717) is 11.0 Å². The molecule has 0 aliphatic carbocycles. The lowest BCUT2D eigenvalue weighted by atomic mass is 10.1. The van der Waals surface area contributed by atoms with Crippen LogP contribution < -0.4 is 10.1 Å². The molecule has 0 spiro atoms. The average Bonchev–Trinajstić information content (AvgIpc) is 3.11. The quantitative estimate of drug-likeness (QED) is 0.516. The Labute approximate surface area is 179 Å². The van der Waals surface area contributed by atoms with E-state index in [0.717, 1.165) is 16.9 Å². The summed E-state index contributed by atoms with van der Waals surface area (Å²) in [6.07, 6.45) is 0. The molecule has 0 aliphatic heterocycles. The van der Waals surface area contributed by atoms with Gasteiger partial charge in [0.1, 0.15) is 18.2 Å². The minimum atomic E-state index is -0.466. The van der Waals surface area contributed by atoms with E-state index < -0.39 is 5.82 Å². The van der Waals surface area contributed by atoms with Crippen molar-refractivity contribution in [2.24, 2.45) is 0 Å². The van der Waals surface area contributed by atoms with E-state index in [1.54, 1.807) is 12.1 Å². The zero-order chi connectivity index (χ0) is 21.7. The topological polar surface area (TPSA) is 69.0 Å². The molecule has 0 unspecified atom stereocenters. The molecule has 158 valence electrons. The highest BCUT2D eigenvalue weighted by Crippen LogP contribution is 2.26. The van der Waals surface area contributed by atoms with Crippen LogP contribution in [0.5, 0.6) is 5.75 Å². The Hall–Kier alpha value is -2.87. The number of para-hydroxylation sites is 2. The fraction of sp³-hybridized carbons (Fsp3) is 0.318. The molecule has 0 saturated carbocycles. The molecule has 1 heterocycles. The molecule has 0 fully saturated rings. The summed E-state index contributed by atoms with van der Waals surface area (Å²) in [5.41, 5.74) is 2.28. The fourth-order valence-corrected chi connectivity index (χ4v) is 3.95. The summed E-state index contributed by atoms with van der Waals surface area (Å²) in [5.74, 6) is 0.847. The van der Waals surface area contributed by atoms with Crippen molar-refractivity contribution in [2.75, 3.05) is 11.1 Å². The van der Waals surface area contributed by atoms with E-state index in [-0.39, 0.29) is 30.0 Å². The van der Waals surface area contributed by atoms with Gasteiger partial charge in [0.05, 0.1) is 11.4 Å². The largest absolute Gasteiger partial charge is 0.485 e. The monoisotopic (exact) mass is 428 g/mol. The van der Waals surface area contributed by atoms with Crippen LogP contribution in [0, 0.1) is 19.7 Å². The number of benzene rings is 2. The number of amides is 1. The minimum absolute atomic E-state index is 0.0914. The number of anilines is 1. The normalized spacial score (nSPS) is 11.0. The van der Waals surface area contributed by atoms with E-state index in [1.807, 2.05) is 50.5 Å². The van der Waals surface area contributed by atoms with Crippen LogP contribution in [0.3, 0.4) is 0 Å². The second-order valence-electron chi connectivity index (χ2n) is 7.19. The number of carbonyl (C=O) groups excluding carboxylic acids is 1. The maximum absolute atomic E-state index is 13.7. The van der Waals surface area contributed by atoms with E-state index in [2.05, 4.69) is 15.5 Å². The standard InChI is InChI=1S/C22H25FN4O2S/c1-14(2)27-19(12-29-21-15(3)8-7-9-16(21)4)25-26-22(27)30-13-20(28)24-18-11-6-5-10-17(18)23/h5-11,14H,12-13H2,1-4H3,(H,24,28). The summed E-state index contributed by atoms with van der Waals surface area (Å²) in [5, 5.41) is 11.7. The number of aromatic nitrogens is 3. The third-order valence-electron chi connectivity index (χ3n) is 4.49. The first-order valence-electron chi connectivity index (χ1n) is 9.66. The van der Waals surface area contributed by atoms with Crippen LogP contribution in [0.15, 0.2) is 47.6 Å². The maximum Gasteiger partial charge on any atom is 0.234 e. The van der Waals surface area contributed by atoms with Gasteiger partial charge in [-0.2, -0.15) is 0 Å². The molecular weight excluding hydrogens is 403 g/mol. The number of ether oxygens (including phenoxy) is 1. The third-order valence-corrected chi connectivity index (χ3v) is 5.43. The van der Waals surface area contributed by atoms with Gasteiger partial charge in [0.15, 0.2) is 11.0 Å². The highest BCUT2D eigenvalue weighted by Gasteiger charge is 2.18. The van der Waals surface area contributed by atoms with Crippen LogP contribution in [-0.4, -0.2) is 26.4 Å². The van der Waals surface area contributed by atoms with Gasteiger partial charge >= 0.3 is 0 Å². The summed E-state index contributed by atoms with van der Waals surface area (Å²) < 4.78 is 21.7. The number of halogens is 1. The summed E-state index contributed by atoms with van der Waals surface area (Å²) in [6, 6.07) is 12.2.